The normalized spacial score (nSPS) is 12.5. The SMILES string of the molecule is CCCCCC(O)CCCCCCCCCCC(=O)O. The Morgan fingerprint density at radius 2 is 1.25 bits per heavy atom. The first-order valence-electron chi connectivity index (χ1n) is 8.56. The van der Waals surface area contributed by atoms with Crippen LogP contribution in [-0.2, 0) is 4.79 Å². The Morgan fingerprint density at radius 1 is 0.800 bits per heavy atom. The summed E-state index contributed by atoms with van der Waals surface area (Å²) in [5.41, 5.74) is 0. The van der Waals surface area contributed by atoms with Crippen molar-refractivity contribution in [2.45, 2.75) is 103 Å². The Morgan fingerprint density at radius 3 is 1.75 bits per heavy atom. The average Bonchev–Trinajstić information content (AvgIpc) is 2.41. The lowest BCUT2D eigenvalue weighted by Crippen LogP contribution is -2.05. The molecular formula is C17H34O3. The minimum absolute atomic E-state index is 0.0856. The zero-order valence-electron chi connectivity index (χ0n) is 13.3. The molecule has 3 heteroatoms. The predicted octanol–water partition coefficient (Wildman–Crippen LogP) is 4.91. The van der Waals surface area contributed by atoms with Crippen molar-refractivity contribution in [2.75, 3.05) is 0 Å². The quantitative estimate of drug-likeness (QED) is 0.420. The van der Waals surface area contributed by atoms with Crippen molar-refractivity contribution in [1.82, 2.24) is 0 Å². The lowest BCUT2D eigenvalue weighted by molar-refractivity contribution is -0.137. The predicted molar refractivity (Wildman–Crippen MR) is 84.0 cm³/mol. The minimum Gasteiger partial charge on any atom is -0.481 e. The van der Waals surface area contributed by atoms with Gasteiger partial charge in [0.15, 0.2) is 0 Å². The summed E-state index contributed by atoms with van der Waals surface area (Å²) >= 11 is 0. The molecule has 0 aromatic heterocycles. The average molecular weight is 286 g/mol. The smallest absolute Gasteiger partial charge is 0.303 e. The molecule has 20 heavy (non-hydrogen) atoms. The fraction of sp³-hybridized carbons (Fsp3) is 0.941. The lowest BCUT2D eigenvalue weighted by Gasteiger charge is -2.09. The molecule has 0 radical (unpaired) electrons. The van der Waals surface area contributed by atoms with Gasteiger partial charge < -0.3 is 10.2 Å². The second-order valence-electron chi connectivity index (χ2n) is 5.91. The number of hydrogen-bond donors (Lipinski definition) is 2. The number of aliphatic hydroxyl groups excluding tert-OH is 1. The highest BCUT2D eigenvalue weighted by Gasteiger charge is 2.03. The Hall–Kier alpha value is -0.570. The van der Waals surface area contributed by atoms with Crippen LogP contribution >= 0.6 is 0 Å². The number of aliphatic carboxylic acids is 1. The summed E-state index contributed by atoms with van der Waals surface area (Å²) in [7, 11) is 0. The molecule has 0 amide bonds. The number of unbranched alkanes of at least 4 members (excludes halogenated alkanes) is 9. The molecule has 0 saturated heterocycles. The van der Waals surface area contributed by atoms with E-state index in [0.717, 1.165) is 44.9 Å². The molecule has 1 atom stereocenters. The van der Waals surface area contributed by atoms with Crippen molar-refractivity contribution >= 4 is 5.97 Å². The molecule has 1 unspecified atom stereocenters. The second kappa shape index (κ2) is 14.8. The number of rotatable bonds is 15. The van der Waals surface area contributed by atoms with Crippen LogP contribution in [0.25, 0.3) is 0 Å². The van der Waals surface area contributed by atoms with Crippen LogP contribution in [0.2, 0.25) is 0 Å². The molecule has 2 N–H and O–H groups in total. The lowest BCUT2D eigenvalue weighted by atomic mass is 10.0. The molecule has 0 aliphatic carbocycles. The molecule has 0 aliphatic rings. The first-order valence-corrected chi connectivity index (χ1v) is 8.56. The van der Waals surface area contributed by atoms with E-state index in [9.17, 15) is 9.90 Å². The van der Waals surface area contributed by atoms with Crippen molar-refractivity contribution in [3.63, 3.8) is 0 Å². The molecule has 3 nitrogen and oxygen atoms in total. The molecular weight excluding hydrogens is 252 g/mol. The third-order valence-corrected chi connectivity index (χ3v) is 3.82. The summed E-state index contributed by atoms with van der Waals surface area (Å²) in [5, 5.41) is 18.3. The summed E-state index contributed by atoms with van der Waals surface area (Å²) < 4.78 is 0. The van der Waals surface area contributed by atoms with Crippen LogP contribution in [0.5, 0.6) is 0 Å². The maximum Gasteiger partial charge on any atom is 0.303 e. The van der Waals surface area contributed by atoms with E-state index in [1.54, 1.807) is 0 Å². The van der Waals surface area contributed by atoms with Gasteiger partial charge in [0.1, 0.15) is 0 Å². The topological polar surface area (TPSA) is 57.5 Å². The van der Waals surface area contributed by atoms with Crippen molar-refractivity contribution < 1.29 is 15.0 Å². The van der Waals surface area contributed by atoms with E-state index in [1.165, 1.54) is 38.5 Å². The molecule has 0 spiro atoms. The van der Waals surface area contributed by atoms with Gasteiger partial charge in [-0.15, -0.1) is 0 Å². The number of carboxylic acids is 1. The van der Waals surface area contributed by atoms with E-state index in [2.05, 4.69) is 6.92 Å². The van der Waals surface area contributed by atoms with Crippen molar-refractivity contribution in [2.24, 2.45) is 0 Å². The van der Waals surface area contributed by atoms with Crippen molar-refractivity contribution in [3.05, 3.63) is 0 Å². The summed E-state index contributed by atoms with van der Waals surface area (Å²) in [4.78, 5) is 10.3. The molecule has 0 aromatic carbocycles. The van der Waals surface area contributed by atoms with E-state index in [1.807, 2.05) is 0 Å². The molecule has 0 aliphatic heterocycles. The number of carboxylic acid groups (broad SMARTS) is 1. The monoisotopic (exact) mass is 286 g/mol. The number of aliphatic hydroxyl groups is 1. The van der Waals surface area contributed by atoms with E-state index in [-0.39, 0.29) is 6.10 Å². The zero-order valence-corrected chi connectivity index (χ0v) is 13.3. The first kappa shape index (κ1) is 19.4. The zero-order chi connectivity index (χ0) is 15.1. The highest BCUT2D eigenvalue weighted by molar-refractivity contribution is 5.66. The molecule has 0 aromatic rings. The van der Waals surface area contributed by atoms with Gasteiger partial charge in [0.05, 0.1) is 6.10 Å². The Balaban J connectivity index is 3.10. The molecule has 120 valence electrons. The van der Waals surface area contributed by atoms with Gasteiger partial charge in [-0.05, 0) is 19.3 Å². The Kier molecular flexibility index (Phi) is 14.4. The molecule has 0 saturated carbocycles. The third kappa shape index (κ3) is 15.5. The minimum atomic E-state index is -0.678. The third-order valence-electron chi connectivity index (χ3n) is 3.82. The number of carbonyl (C=O) groups is 1. The van der Waals surface area contributed by atoms with Crippen LogP contribution in [0.4, 0.5) is 0 Å². The molecule has 0 bridgehead atoms. The fourth-order valence-corrected chi connectivity index (χ4v) is 2.49. The van der Waals surface area contributed by atoms with Gasteiger partial charge in [-0.25, -0.2) is 0 Å². The van der Waals surface area contributed by atoms with Crippen LogP contribution in [0.3, 0.4) is 0 Å². The van der Waals surface area contributed by atoms with Crippen molar-refractivity contribution in [3.8, 4) is 0 Å². The van der Waals surface area contributed by atoms with Crippen LogP contribution < -0.4 is 0 Å². The standard InChI is InChI=1S/C17H34O3/c1-2-3-10-13-16(18)14-11-8-6-4-5-7-9-12-15-17(19)20/h16,18H,2-15H2,1H3,(H,19,20). The van der Waals surface area contributed by atoms with Gasteiger partial charge in [0.2, 0.25) is 0 Å². The van der Waals surface area contributed by atoms with E-state index < -0.39 is 5.97 Å². The maximum atomic E-state index is 10.3. The fourth-order valence-electron chi connectivity index (χ4n) is 2.49. The number of hydrogen-bond acceptors (Lipinski definition) is 2. The van der Waals surface area contributed by atoms with Crippen LogP contribution in [0.15, 0.2) is 0 Å². The second-order valence-corrected chi connectivity index (χ2v) is 5.91. The molecule has 0 rings (SSSR count). The van der Waals surface area contributed by atoms with Gasteiger partial charge in [0, 0.05) is 6.42 Å². The van der Waals surface area contributed by atoms with Crippen LogP contribution in [-0.4, -0.2) is 22.3 Å². The summed E-state index contributed by atoms with van der Waals surface area (Å²) in [6.07, 6.45) is 14.9. The van der Waals surface area contributed by atoms with E-state index in [4.69, 9.17) is 5.11 Å². The summed E-state index contributed by atoms with van der Waals surface area (Å²) in [6.45, 7) is 2.19. The van der Waals surface area contributed by atoms with E-state index >= 15 is 0 Å². The van der Waals surface area contributed by atoms with Crippen molar-refractivity contribution in [1.29, 1.82) is 0 Å². The first-order chi connectivity index (χ1) is 9.66. The van der Waals surface area contributed by atoms with Crippen LogP contribution in [0, 0.1) is 0 Å². The highest BCUT2D eigenvalue weighted by atomic mass is 16.4. The molecule has 0 heterocycles. The largest absolute Gasteiger partial charge is 0.481 e. The van der Waals surface area contributed by atoms with Gasteiger partial charge in [0.25, 0.3) is 0 Å². The van der Waals surface area contributed by atoms with Gasteiger partial charge in [-0.1, -0.05) is 71.1 Å². The Bertz CT molecular complexity index is 216. The summed E-state index contributed by atoms with van der Waals surface area (Å²) in [5.74, 6) is -0.678. The maximum absolute atomic E-state index is 10.3. The van der Waals surface area contributed by atoms with Gasteiger partial charge >= 0.3 is 5.97 Å². The van der Waals surface area contributed by atoms with Gasteiger partial charge in [-0.3, -0.25) is 4.79 Å². The van der Waals surface area contributed by atoms with Gasteiger partial charge in [-0.2, -0.15) is 0 Å². The highest BCUT2D eigenvalue weighted by Crippen LogP contribution is 2.13. The summed E-state index contributed by atoms with van der Waals surface area (Å²) in [6, 6.07) is 0. The molecule has 0 fully saturated rings. The Labute approximate surface area is 124 Å². The van der Waals surface area contributed by atoms with E-state index in [0.29, 0.717) is 6.42 Å². The van der Waals surface area contributed by atoms with Crippen LogP contribution in [0.1, 0.15) is 96.8 Å².